The third kappa shape index (κ3) is 7.95. The first-order valence-corrected chi connectivity index (χ1v) is 10.2. The van der Waals surface area contributed by atoms with Crippen molar-refractivity contribution in [3.63, 3.8) is 0 Å². The fourth-order valence-electron chi connectivity index (χ4n) is 2.79. The molecule has 1 aliphatic rings. The largest absolute Gasteiger partial charge is 0.372 e. The number of piperazine rings is 1. The zero-order valence-electron chi connectivity index (χ0n) is 18.1. The highest BCUT2D eigenvalue weighted by atomic mass is 15.3. The molecule has 2 aromatic rings. The molecule has 3 heterocycles. The van der Waals surface area contributed by atoms with Crippen LogP contribution in [0.1, 0.15) is 38.4 Å². The van der Waals surface area contributed by atoms with Gasteiger partial charge in [0.15, 0.2) is 0 Å². The Hall–Kier alpha value is -2.62. The Kier molecular flexibility index (Phi) is 11.3. The van der Waals surface area contributed by atoms with Crippen LogP contribution in [-0.4, -0.2) is 41.0 Å². The van der Waals surface area contributed by atoms with Gasteiger partial charge in [0.05, 0.1) is 0 Å². The number of nitrogens with zero attached hydrogens (tertiary/aromatic N) is 4. The van der Waals surface area contributed by atoms with Crippen molar-refractivity contribution in [1.82, 2.24) is 14.9 Å². The maximum Gasteiger partial charge on any atom is 0.128 e. The predicted molar refractivity (Wildman–Crippen MR) is 122 cm³/mol. The van der Waals surface area contributed by atoms with Gasteiger partial charge in [0.2, 0.25) is 0 Å². The normalized spacial score (nSPS) is 12.9. The van der Waals surface area contributed by atoms with E-state index >= 15 is 0 Å². The van der Waals surface area contributed by atoms with Gasteiger partial charge in [0.1, 0.15) is 5.82 Å². The summed E-state index contributed by atoms with van der Waals surface area (Å²) in [5, 5.41) is 0. The lowest BCUT2D eigenvalue weighted by Gasteiger charge is -2.37. The van der Waals surface area contributed by atoms with E-state index in [4.69, 9.17) is 0 Å². The van der Waals surface area contributed by atoms with E-state index in [-0.39, 0.29) is 0 Å². The third-order valence-electron chi connectivity index (χ3n) is 4.43. The molecule has 0 N–H and O–H groups in total. The summed E-state index contributed by atoms with van der Waals surface area (Å²) in [7, 11) is 0. The molecular formula is C24H36N4. The van der Waals surface area contributed by atoms with Crippen molar-refractivity contribution in [1.29, 1.82) is 0 Å². The van der Waals surface area contributed by atoms with Crippen molar-refractivity contribution in [2.24, 2.45) is 0 Å². The van der Waals surface area contributed by atoms with Crippen LogP contribution in [0.25, 0.3) is 0 Å². The molecule has 0 saturated carbocycles. The molecule has 152 valence electrons. The van der Waals surface area contributed by atoms with Crippen molar-refractivity contribution >= 4 is 5.82 Å². The second-order valence-electron chi connectivity index (χ2n) is 6.40. The number of hydrogen-bond acceptors (Lipinski definition) is 4. The number of hydrogen-bond donors (Lipinski definition) is 0. The molecule has 1 saturated heterocycles. The van der Waals surface area contributed by atoms with Crippen molar-refractivity contribution in [3.05, 3.63) is 78.9 Å². The van der Waals surface area contributed by atoms with Crippen LogP contribution in [0.15, 0.2) is 67.7 Å². The molecule has 0 amide bonds. The zero-order valence-corrected chi connectivity index (χ0v) is 18.1. The van der Waals surface area contributed by atoms with E-state index in [1.54, 1.807) is 6.20 Å². The smallest absolute Gasteiger partial charge is 0.128 e. The molecule has 0 aliphatic carbocycles. The second kappa shape index (κ2) is 13.5. The van der Waals surface area contributed by atoms with Crippen LogP contribution in [-0.2, 0) is 6.42 Å². The summed E-state index contributed by atoms with van der Waals surface area (Å²) in [6.45, 7) is 20.1. The molecule has 4 nitrogen and oxygen atoms in total. The quantitative estimate of drug-likeness (QED) is 0.661. The van der Waals surface area contributed by atoms with Gasteiger partial charge in [-0.05, 0) is 37.1 Å². The molecule has 0 bridgehead atoms. The van der Waals surface area contributed by atoms with Crippen LogP contribution in [0, 0.1) is 6.92 Å². The minimum absolute atomic E-state index is 0.862. The van der Waals surface area contributed by atoms with Gasteiger partial charge in [-0.3, -0.25) is 4.98 Å². The van der Waals surface area contributed by atoms with E-state index in [1.165, 1.54) is 11.3 Å². The third-order valence-corrected chi connectivity index (χ3v) is 4.43. The number of aromatic nitrogens is 2. The summed E-state index contributed by atoms with van der Waals surface area (Å²) in [4.78, 5) is 13.3. The Morgan fingerprint density at radius 1 is 1.07 bits per heavy atom. The highest BCUT2D eigenvalue weighted by Gasteiger charge is 2.17. The lowest BCUT2D eigenvalue weighted by Crippen LogP contribution is -2.45. The highest BCUT2D eigenvalue weighted by Crippen LogP contribution is 2.16. The summed E-state index contributed by atoms with van der Waals surface area (Å²) >= 11 is 0. The Morgan fingerprint density at radius 2 is 1.79 bits per heavy atom. The topological polar surface area (TPSA) is 32.3 Å². The zero-order chi connectivity index (χ0) is 20.8. The summed E-state index contributed by atoms with van der Waals surface area (Å²) in [5.41, 5.74) is 3.54. The van der Waals surface area contributed by atoms with E-state index in [9.17, 15) is 0 Å². The van der Waals surface area contributed by atoms with Gasteiger partial charge >= 0.3 is 0 Å². The van der Waals surface area contributed by atoms with Crippen molar-refractivity contribution < 1.29 is 0 Å². The fraction of sp³-hybridized carbons (Fsp3) is 0.417. The summed E-state index contributed by atoms with van der Waals surface area (Å²) in [6.07, 6.45) is 7.48. The Bertz CT molecular complexity index is 672. The lowest BCUT2D eigenvalue weighted by atomic mass is 10.2. The van der Waals surface area contributed by atoms with Crippen LogP contribution in [0.2, 0.25) is 0 Å². The standard InChI is InChI=1S/C14H21N3.C8H9N.C2H6/c1-4-13(3)16-7-9-17(10-8-16)14-6-5-12(2)11-15-14;1-2-5-8-6-3-4-7-9-8;1-2/h5-6,11H,3-4,7-10H2,1-2H3;2-4,6-7H,1,5H2;1-2H3. The molecule has 28 heavy (non-hydrogen) atoms. The van der Waals surface area contributed by atoms with Gasteiger partial charge in [-0.15, -0.1) is 6.58 Å². The number of pyridine rings is 2. The monoisotopic (exact) mass is 380 g/mol. The number of rotatable bonds is 5. The van der Waals surface area contributed by atoms with Gasteiger partial charge < -0.3 is 9.80 Å². The molecule has 3 rings (SSSR count). The molecule has 0 unspecified atom stereocenters. The molecule has 1 aliphatic heterocycles. The van der Waals surface area contributed by atoms with E-state index < -0.39 is 0 Å². The minimum Gasteiger partial charge on any atom is -0.372 e. The lowest BCUT2D eigenvalue weighted by molar-refractivity contribution is 0.314. The van der Waals surface area contributed by atoms with Gasteiger partial charge in [-0.25, -0.2) is 4.98 Å². The van der Waals surface area contributed by atoms with Crippen molar-refractivity contribution in [2.75, 3.05) is 31.1 Å². The number of anilines is 1. The van der Waals surface area contributed by atoms with Crippen molar-refractivity contribution in [3.8, 4) is 0 Å². The Labute approximate surface area is 171 Å². The molecule has 0 spiro atoms. The van der Waals surface area contributed by atoms with Gasteiger partial charge in [0.25, 0.3) is 0 Å². The first kappa shape index (κ1) is 23.4. The average molecular weight is 381 g/mol. The summed E-state index contributed by atoms with van der Waals surface area (Å²) in [5.74, 6) is 1.09. The fourth-order valence-corrected chi connectivity index (χ4v) is 2.79. The number of aryl methyl sites for hydroxylation is 1. The van der Waals surface area contributed by atoms with Crippen molar-refractivity contribution in [2.45, 2.75) is 40.5 Å². The van der Waals surface area contributed by atoms with Crippen LogP contribution in [0.5, 0.6) is 0 Å². The first-order valence-electron chi connectivity index (χ1n) is 10.2. The van der Waals surface area contributed by atoms with Gasteiger partial charge in [-0.2, -0.15) is 0 Å². The molecule has 2 aromatic heterocycles. The van der Waals surface area contributed by atoms with Crippen LogP contribution in [0.4, 0.5) is 5.82 Å². The molecule has 1 fully saturated rings. The average Bonchev–Trinajstić information content (AvgIpc) is 2.77. The van der Waals surface area contributed by atoms with E-state index in [0.29, 0.717) is 0 Å². The molecule has 4 heteroatoms. The van der Waals surface area contributed by atoms with Crippen LogP contribution in [0.3, 0.4) is 0 Å². The summed E-state index contributed by atoms with van der Waals surface area (Å²) in [6, 6.07) is 10.1. The minimum atomic E-state index is 0.862. The first-order chi connectivity index (χ1) is 13.6. The summed E-state index contributed by atoms with van der Waals surface area (Å²) < 4.78 is 0. The molecule has 0 aromatic carbocycles. The highest BCUT2D eigenvalue weighted by molar-refractivity contribution is 5.39. The van der Waals surface area contributed by atoms with Crippen LogP contribution < -0.4 is 4.90 Å². The SMILES string of the molecule is C=C(CC)N1CCN(c2ccc(C)cn2)CC1.C=CCc1ccccn1.CC. The van der Waals surface area contributed by atoms with E-state index in [1.807, 2.05) is 44.3 Å². The Morgan fingerprint density at radius 3 is 2.29 bits per heavy atom. The van der Waals surface area contributed by atoms with Gasteiger partial charge in [0, 0.05) is 56.4 Å². The molecule has 0 radical (unpaired) electrons. The molecule has 0 atom stereocenters. The maximum atomic E-state index is 4.48. The van der Waals surface area contributed by atoms with Crippen LogP contribution >= 0.6 is 0 Å². The Balaban J connectivity index is 0.000000301. The van der Waals surface area contributed by atoms with E-state index in [2.05, 4.69) is 58.9 Å². The maximum absolute atomic E-state index is 4.48. The number of allylic oxidation sites excluding steroid dienone is 2. The predicted octanol–water partition coefficient (Wildman–Crippen LogP) is 5.27. The van der Waals surface area contributed by atoms with Gasteiger partial charge in [-0.1, -0.05) is 45.6 Å². The molecular weight excluding hydrogens is 344 g/mol. The second-order valence-corrected chi connectivity index (χ2v) is 6.40. The van der Waals surface area contributed by atoms with E-state index in [0.717, 1.165) is 50.5 Å².